The number of carbonyl (C=O) groups excluding carboxylic acids is 2. The third kappa shape index (κ3) is 4.90. The summed E-state index contributed by atoms with van der Waals surface area (Å²) in [4.78, 5) is 22.5. The van der Waals surface area contributed by atoms with E-state index in [1.54, 1.807) is 18.2 Å². The molecule has 0 saturated heterocycles. The summed E-state index contributed by atoms with van der Waals surface area (Å²) >= 11 is 3.27. The monoisotopic (exact) mass is 329 g/mol. The minimum Gasteiger partial charge on any atom is -0.465 e. The fourth-order valence-corrected chi connectivity index (χ4v) is 1.87. The number of hydrogen-bond donors (Lipinski definition) is 1. The lowest BCUT2D eigenvalue weighted by atomic mass is 10.1. The van der Waals surface area contributed by atoms with Crippen LogP contribution in [-0.4, -0.2) is 37.0 Å². The molecule has 0 saturated carbocycles. The second-order valence-corrected chi connectivity index (χ2v) is 4.45. The van der Waals surface area contributed by atoms with Gasteiger partial charge in [-0.25, -0.2) is 4.79 Å². The zero-order chi connectivity index (χ0) is 14.3. The first kappa shape index (κ1) is 15.5. The van der Waals surface area contributed by atoms with Crippen molar-refractivity contribution in [1.82, 2.24) is 0 Å². The van der Waals surface area contributed by atoms with Gasteiger partial charge >= 0.3 is 11.9 Å². The normalized spacial score (nSPS) is 11.5. The highest BCUT2D eigenvalue weighted by molar-refractivity contribution is 9.09. The van der Waals surface area contributed by atoms with Gasteiger partial charge in [-0.1, -0.05) is 28.1 Å². The summed E-state index contributed by atoms with van der Waals surface area (Å²) in [5.74, 6) is -0.751. The van der Waals surface area contributed by atoms with Crippen LogP contribution in [-0.2, 0) is 14.3 Å². The van der Waals surface area contributed by atoms with Gasteiger partial charge in [0.05, 0.1) is 19.2 Å². The van der Waals surface area contributed by atoms with E-state index in [0.717, 1.165) is 0 Å². The quantitative estimate of drug-likeness (QED) is 0.640. The second kappa shape index (κ2) is 7.78. The molecule has 104 valence electrons. The van der Waals surface area contributed by atoms with Crippen molar-refractivity contribution in [1.29, 1.82) is 0 Å². The number of benzene rings is 1. The molecule has 0 aliphatic carbocycles. The molecule has 6 heteroatoms. The Morgan fingerprint density at radius 3 is 2.63 bits per heavy atom. The highest BCUT2D eigenvalue weighted by Crippen LogP contribution is 2.16. The summed E-state index contributed by atoms with van der Waals surface area (Å²) < 4.78 is 9.78. The number of methoxy groups -OCH3 is 1. The maximum absolute atomic E-state index is 11.6. The van der Waals surface area contributed by atoms with E-state index in [2.05, 4.69) is 21.2 Å². The lowest BCUT2D eigenvalue weighted by molar-refractivity contribution is -0.144. The van der Waals surface area contributed by atoms with Crippen molar-refractivity contribution in [2.45, 2.75) is 13.0 Å². The van der Waals surface area contributed by atoms with Gasteiger partial charge in [-0.3, -0.25) is 4.79 Å². The second-order valence-electron chi connectivity index (χ2n) is 3.80. The molecule has 0 radical (unpaired) electrons. The summed E-state index contributed by atoms with van der Waals surface area (Å²) in [6.07, 6.45) is -0.303. The Morgan fingerprint density at radius 1 is 1.37 bits per heavy atom. The molecule has 1 atom stereocenters. The highest BCUT2D eigenvalue weighted by Gasteiger charge is 2.14. The van der Waals surface area contributed by atoms with Crippen molar-refractivity contribution < 1.29 is 19.1 Å². The molecular formula is C13H16BrNO4. The molecule has 5 nitrogen and oxygen atoms in total. The van der Waals surface area contributed by atoms with Crippen LogP contribution in [0.3, 0.4) is 0 Å². The lowest BCUT2D eigenvalue weighted by Gasteiger charge is -2.17. The van der Waals surface area contributed by atoms with Crippen molar-refractivity contribution in [3.63, 3.8) is 0 Å². The van der Waals surface area contributed by atoms with Crippen LogP contribution in [0.1, 0.15) is 17.3 Å². The third-order valence-corrected chi connectivity index (χ3v) is 3.08. The van der Waals surface area contributed by atoms with Crippen LogP contribution < -0.4 is 5.32 Å². The van der Waals surface area contributed by atoms with Crippen molar-refractivity contribution in [2.24, 2.45) is 0 Å². The van der Waals surface area contributed by atoms with E-state index < -0.39 is 5.97 Å². The molecule has 1 unspecified atom stereocenters. The summed E-state index contributed by atoms with van der Waals surface area (Å²) in [7, 11) is 1.33. The number of anilines is 1. The van der Waals surface area contributed by atoms with Crippen LogP contribution in [0.2, 0.25) is 0 Å². The number of alkyl halides is 1. The maximum atomic E-state index is 11.6. The standard InChI is InChI=1S/C13H16BrNO4/c1-9(16)19-10(7-14)8-15-12-6-4-3-5-11(12)13(17)18-2/h3-6,10,15H,7-8H2,1-2H3. The molecule has 1 rings (SSSR count). The average Bonchev–Trinajstić information content (AvgIpc) is 2.42. The number of para-hydroxylation sites is 1. The molecular weight excluding hydrogens is 314 g/mol. The van der Waals surface area contributed by atoms with Gasteiger partial charge in [-0.05, 0) is 12.1 Å². The fourth-order valence-electron chi connectivity index (χ4n) is 1.51. The topological polar surface area (TPSA) is 64.6 Å². The molecule has 0 amide bonds. The van der Waals surface area contributed by atoms with Gasteiger partial charge in [-0.2, -0.15) is 0 Å². The SMILES string of the molecule is COC(=O)c1ccccc1NCC(CBr)OC(C)=O. The molecule has 0 aromatic heterocycles. The Morgan fingerprint density at radius 2 is 2.05 bits per heavy atom. The van der Waals surface area contributed by atoms with E-state index in [0.29, 0.717) is 23.1 Å². The van der Waals surface area contributed by atoms with Crippen LogP contribution in [0.25, 0.3) is 0 Å². The van der Waals surface area contributed by atoms with Crippen molar-refractivity contribution in [3.8, 4) is 0 Å². The number of carbonyl (C=O) groups is 2. The fraction of sp³-hybridized carbons (Fsp3) is 0.385. The summed E-state index contributed by atoms with van der Waals surface area (Å²) in [5, 5.41) is 3.59. The van der Waals surface area contributed by atoms with E-state index in [9.17, 15) is 9.59 Å². The maximum Gasteiger partial charge on any atom is 0.339 e. The highest BCUT2D eigenvalue weighted by atomic mass is 79.9. The van der Waals surface area contributed by atoms with Gasteiger partial charge in [-0.15, -0.1) is 0 Å². The first-order chi connectivity index (χ1) is 9.08. The summed E-state index contributed by atoms with van der Waals surface area (Å²) in [5.41, 5.74) is 1.09. The van der Waals surface area contributed by atoms with E-state index in [1.165, 1.54) is 14.0 Å². The molecule has 0 bridgehead atoms. The number of rotatable bonds is 6. The van der Waals surface area contributed by atoms with Gasteiger partial charge < -0.3 is 14.8 Å². The molecule has 0 aliphatic heterocycles. The van der Waals surface area contributed by atoms with Crippen molar-refractivity contribution in [2.75, 3.05) is 24.3 Å². The smallest absolute Gasteiger partial charge is 0.339 e. The van der Waals surface area contributed by atoms with Gasteiger partial charge in [0.2, 0.25) is 0 Å². The van der Waals surface area contributed by atoms with E-state index in [-0.39, 0.29) is 12.1 Å². The molecule has 0 spiro atoms. The Labute approximate surface area is 120 Å². The minimum atomic E-state index is -0.411. The van der Waals surface area contributed by atoms with Gasteiger partial charge in [0, 0.05) is 17.9 Å². The van der Waals surface area contributed by atoms with Gasteiger partial charge in [0.1, 0.15) is 6.10 Å². The van der Waals surface area contributed by atoms with Gasteiger partial charge in [0.25, 0.3) is 0 Å². The van der Waals surface area contributed by atoms with Crippen LogP contribution in [0.4, 0.5) is 5.69 Å². The average molecular weight is 330 g/mol. The molecule has 1 N–H and O–H groups in total. The van der Waals surface area contributed by atoms with Crippen molar-refractivity contribution >= 4 is 33.6 Å². The molecule has 0 aliphatic rings. The van der Waals surface area contributed by atoms with Gasteiger partial charge in [0.15, 0.2) is 0 Å². The van der Waals surface area contributed by atoms with Crippen LogP contribution in [0.5, 0.6) is 0 Å². The van der Waals surface area contributed by atoms with Crippen LogP contribution in [0, 0.1) is 0 Å². The lowest BCUT2D eigenvalue weighted by Crippen LogP contribution is -2.27. The van der Waals surface area contributed by atoms with E-state index in [1.807, 2.05) is 6.07 Å². The number of esters is 2. The molecule has 0 heterocycles. The Kier molecular flexibility index (Phi) is 6.35. The number of nitrogens with one attached hydrogen (secondary N) is 1. The summed E-state index contributed by atoms with van der Waals surface area (Å²) in [6.45, 7) is 1.76. The number of hydrogen-bond acceptors (Lipinski definition) is 5. The Balaban J connectivity index is 2.71. The molecule has 0 fully saturated rings. The minimum absolute atomic E-state index is 0.303. The van der Waals surface area contributed by atoms with Crippen LogP contribution in [0.15, 0.2) is 24.3 Å². The molecule has 1 aromatic carbocycles. The van der Waals surface area contributed by atoms with Crippen molar-refractivity contribution in [3.05, 3.63) is 29.8 Å². The van der Waals surface area contributed by atoms with Crippen LogP contribution >= 0.6 is 15.9 Å². The zero-order valence-corrected chi connectivity index (χ0v) is 12.4. The predicted molar refractivity (Wildman–Crippen MR) is 75.6 cm³/mol. The third-order valence-electron chi connectivity index (χ3n) is 2.36. The number of ether oxygens (including phenoxy) is 2. The van der Waals surface area contributed by atoms with E-state index >= 15 is 0 Å². The largest absolute Gasteiger partial charge is 0.465 e. The Bertz CT molecular complexity index is 450. The van der Waals surface area contributed by atoms with E-state index in [4.69, 9.17) is 9.47 Å². The Hall–Kier alpha value is -1.56. The molecule has 19 heavy (non-hydrogen) atoms. The predicted octanol–water partition coefficient (Wildman–Crippen LogP) is 2.21. The first-order valence-corrected chi connectivity index (χ1v) is 6.85. The summed E-state index contributed by atoms with van der Waals surface area (Å²) in [6, 6.07) is 7.00. The first-order valence-electron chi connectivity index (χ1n) is 5.73. The molecule has 1 aromatic rings. The zero-order valence-electron chi connectivity index (χ0n) is 10.8. The number of halogens is 1.